The Morgan fingerprint density at radius 2 is 1.78 bits per heavy atom. The van der Waals surface area contributed by atoms with Gasteiger partial charge in [-0.25, -0.2) is 0 Å². The highest BCUT2D eigenvalue weighted by Gasteiger charge is 2.17. The summed E-state index contributed by atoms with van der Waals surface area (Å²) in [7, 11) is 0. The Morgan fingerprint density at radius 1 is 1.09 bits per heavy atom. The Bertz CT molecular complexity index is 831. The Hall–Kier alpha value is -2.75. The van der Waals surface area contributed by atoms with Crippen molar-refractivity contribution in [3.05, 3.63) is 59.9 Å². The lowest BCUT2D eigenvalue weighted by Crippen LogP contribution is -2.12. The molecule has 0 aliphatic carbocycles. The van der Waals surface area contributed by atoms with Crippen LogP contribution in [0.15, 0.2) is 52.9 Å². The van der Waals surface area contributed by atoms with Gasteiger partial charge in [0.2, 0.25) is 0 Å². The zero-order chi connectivity index (χ0) is 16.4. The molecule has 1 aromatic heterocycles. The molecule has 3 aromatic rings. The Kier molecular flexibility index (Phi) is 4.06. The van der Waals surface area contributed by atoms with E-state index in [-0.39, 0.29) is 12.0 Å². The van der Waals surface area contributed by atoms with Gasteiger partial charge in [-0.15, -0.1) is 0 Å². The van der Waals surface area contributed by atoms with Crippen molar-refractivity contribution in [1.82, 2.24) is 0 Å². The van der Waals surface area contributed by atoms with Gasteiger partial charge in [-0.2, -0.15) is 0 Å². The molecular weight excluding hydrogens is 290 g/mol. The molecule has 0 spiro atoms. The van der Waals surface area contributed by atoms with Gasteiger partial charge in [-0.1, -0.05) is 18.2 Å². The lowest BCUT2D eigenvalue weighted by atomic mass is 10.1. The second kappa shape index (κ2) is 6.16. The average molecular weight is 309 g/mol. The van der Waals surface area contributed by atoms with E-state index in [1.54, 1.807) is 0 Å². The molecule has 0 aliphatic rings. The van der Waals surface area contributed by atoms with E-state index in [2.05, 4.69) is 5.32 Å². The largest absolute Gasteiger partial charge is 0.491 e. The van der Waals surface area contributed by atoms with Crippen molar-refractivity contribution >= 4 is 22.6 Å². The normalized spacial score (nSPS) is 11.0. The zero-order valence-corrected chi connectivity index (χ0v) is 13.4. The number of para-hydroxylation sites is 1. The third-order valence-electron chi connectivity index (χ3n) is 3.53. The monoisotopic (exact) mass is 309 g/mol. The summed E-state index contributed by atoms with van der Waals surface area (Å²) in [6.45, 7) is 5.83. The number of ether oxygens (including phenoxy) is 1. The fraction of sp³-hybridized carbons (Fsp3) is 0.211. The number of furan rings is 1. The van der Waals surface area contributed by atoms with Crippen molar-refractivity contribution in [3.63, 3.8) is 0 Å². The summed E-state index contributed by atoms with van der Waals surface area (Å²) in [4.78, 5) is 12.4. The van der Waals surface area contributed by atoms with Gasteiger partial charge in [0.25, 0.3) is 5.91 Å². The minimum Gasteiger partial charge on any atom is -0.491 e. The Labute approximate surface area is 135 Å². The molecule has 3 rings (SSSR count). The third-order valence-corrected chi connectivity index (χ3v) is 3.53. The van der Waals surface area contributed by atoms with Gasteiger partial charge < -0.3 is 14.5 Å². The van der Waals surface area contributed by atoms with E-state index in [9.17, 15) is 4.79 Å². The summed E-state index contributed by atoms with van der Waals surface area (Å²) in [5, 5.41) is 3.81. The van der Waals surface area contributed by atoms with Crippen LogP contribution in [0.2, 0.25) is 0 Å². The van der Waals surface area contributed by atoms with Crippen LogP contribution in [0.5, 0.6) is 5.75 Å². The lowest BCUT2D eigenvalue weighted by Gasteiger charge is -2.10. The van der Waals surface area contributed by atoms with Gasteiger partial charge in [0, 0.05) is 16.6 Å². The number of fused-ring (bicyclic) bond motifs is 1. The van der Waals surface area contributed by atoms with Crippen LogP contribution in [0.4, 0.5) is 5.69 Å². The predicted molar refractivity (Wildman–Crippen MR) is 91.1 cm³/mol. The molecule has 0 atom stereocenters. The van der Waals surface area contributed by atoms with Gasteiger partial charge >= 0.3 is 0 Å². The number of nitrogens with one attached hydrogen (secondary N) is 1. The minimum atomic E-state index is -0.253. The number of benzene rings is 2. The summed E-state index contributed by atoms with van der Waals surface area (Å²) in [5.74, 6) is 0.864. The summed E-state index contributed by atoms with van der Waals surface area (Å²) >= 11 is 0. The van der Waals surface area contributed by atoms with Crippen molar-refractivity contribution in [2.45, 2.75) is 26.9 Å². The van der Waals surface area contributed by atoms with Crippen molar-refractivity contribution in [2.24, 2.45) is 0 Å². The second-order valence-corrected chi connectivity index (χ2v) is 5.70. The number of carbonyl (C=O) groups is 1. The van der Waals surface area contributed by atoms with E-state index in [1.807, 2.05) is 69.3 Å². The van der Waals surface area contributed by atoms with Crippen LogP contribution in [0.1, 0.15) is 30.0 Å². The topological polar surface area (TPSA) is 51.5 Å². The highest BCUT2D eigenvalue weighted by molar-refractivity contribution is 6.06. The molecule has 0 aliphatic heterocycles. The van der Waals surface area contributed by atoms with E-state index >= 15 is 0 Å². The van der Waals surface area contributed by atoms with E-state index in [1.165, 1.54) is 0 Å². The Morgan fingerprint density at radius 3 is 2.43 bits per heavy atom. The highest BCUT2D eigenvalue weighted by atomic mass is 16.5. The number of amides is 1. The first-order chi connectivity index (χ1) is 11.0. The molecule has 2 aromatic carbocycles. The molecule has 0 bridgehead atoms. The third kappa shape index (κ3) is 3.21. The standard InChI is InChI=1S/C19H19NO3/c1-12(2)22-15-10-8-14(9-11-15)20-19(21)18-13(3)16-6-4-5-7-17(16)23-18/h4-12H,1-3H3,(H,20,21). The number of carbonyl (C=O) groups excluding carboxylic acids is 1. The molecule has 0 radical (unpaired) electrons. The zero-order valence-electron chi connectivity index (χ0n) is 13.4. The van der Waals surface area contributed by atoms with Crippen molar-refractivity contribution in [1.29, 1.82) is 0 Å². The molecule has 0 saturated heterocycles. The van der Waals surface area contributed by atoms with Gasteiger partial charge in [0.05, 0.1) is 6.10 Å². The van der Waals surface area contributed by atoms with Crippen LogP contribution in [-0.4, -0.2) is 12.0 Å². The maximum Gasteiger partial charge on any atom is 0.291 e. The number of rotatable bonds is 4. The molecule has 1 amide bonds. The molecule has 0 unspecified atom stereocenters. The number of anilines is 1. The maximum absolute atomic E-state index is 12.4. The van der Waals surface area contributed by atoms with Crippen LogP contribution in [0, 0.1) is 6.92 Å². The van der Waals surface area contributed by atoms with Crippen LogP contribution >= 0.6 is 0 Å². The fourth-order valence-corrected chi connectivity index (χ4v) is 2.47. The fourth-order valence-electron chi connectivity index (χ4n) is 2.47. The molecule has 118 valence electrons. The quantitative estimate of drug-likeness (QED) is 0.754. The van der Waals surface area contributed by atoms with Gasteiger partial charge in [0.15, 0.2) is 5.76 Å². The maximum atomic E-state index is 12.4. The van der Waals surface area contributed by atoms with Crippen LogP contribution < -0.4 is 10.1 Å². The molecule has 4 heteroatoms. The van der Waals surface area contributed by atoms with Crippen LogP contribution in [0.25, 0.3) is 11.0 Å². The molecule has 1 heterocycles. The molecular formula is C19H19NO3. The van der Waals surface area contributed by atoms with Crippen molar-refractivity contribution < 1.29 is 13.9 Å². The van der Waals surface area contributed by atoms with E-state index in [0.29, 0.717) is 11.4 Å². The van der Waals surface area contributed by atoms with Crippen LogP contribution in [-0.2, 0) is 0 Å². The number of aryl methyl sites for hydroxylation is 1. The van der Waals surface area contributed by atoms with E-state index < -0.39 is 0 Å². The summed E-state index contributed by atoms with van der Waals surface area (Å²) in [5.41, 5.74) is 2.26. The SMILES string of the molecule is Cc1c(C(=O)Nc2ccc(OC(C)C)cc2)oc2ccccc12. The first-order valence-electron chi connectivity index (χ1n) is 7.61. The van der Waals surface area contributed by atoms with Gasteiger partial charge in [-0.05, 0) is 51.1 Å². The minimum absolute atomic E-state index is 0.119. The van der Waals surface area contributed by atoms with E-state index in [4.69, 9.17) is 9.15 Å². The van der Waals surface area contributed by atoms with Crippen molar-refractivity contribution in [3.8, 4) is 5.75 Å². The molecule has 23 heavy (non-hydrogen) atoms. The van der Waals surface area contributed by atoms with Gasteiger partial charge in [0.1, 0.15) is 11.3 Å². The van der Waals surface area contributed by atoms with Crippen LogP contribution in [0.3, 0.4) is 0 Å². The number of hydrogen-bond acceptors (Lipinski definition) is 3. The second-order valence-electron chi connectivity index (χ2n) is 5.70. The lowest BCUT2D eigenvalue weighted by molar-refractivity contribution is 0.0998. The average Bonchev–Trinajstić information content (AvgIpc) is 2.86. The van der Waals surface area contributed by atoms with Crippen molar-refractivity contribution in [2.75, 3.05) is 5.32 Å². The molecule has 0 fully saturated rings. The Balaban J connectivity index is 1.79. The molecule has 0 saturated carbocycles. The highest BCUT2D eigenvalue weighted by Crippen LogP contribution is 2.26. The van der Waals surface area contributed by atoms with Gasteiger partial charge in [-0.3, -0.25) is 4.79 Å². The first kappa shape index (κ1) is 15.2. The number of hydrogen-bond donors (Lipinski definition) is 1. The summed E-state index contributed by atoms with van der Waals surface area (Å²) in [6.07, 6.45) is 0.119. The smallest absolute Gasteiger partial charge is 0.291 e. The molecule has 1 N–H and O–H groups in total. The predicted octanol–water partition coefficient (Wildman–Crippen LogP) is 4.78. The molecule has 4 nitrogen and oxygen atoms in total. The summed E-state index contributed by atoms with van der Waals surface area (Å²) in [6, 6.07) is 14.9. The first-order valence-corrected chi connectivity index (χ1v) is 7.61. The van der Waals surface area contributed by atoms with E-state index in [0.717, 1.165) is 22.3 Å². The summed E-state index contributed by atoms with van der Waals surface area (Å²) < 4.78 is 11.3.